The summed E-state index contributed by atoms with van der Waals surface area (Å²) in [7, 11) is 1.78. The number of rotatable bonds is 4. The number of nitrogens with zero attached hydrogens (tertiary/aromatic N) is 2. The maximum Gasteiger partial charge on any atom is 0.272 e. The van der Waals surface area contributed by atoms with Crippen molar-refractivity contribution in [1.29, 1.82) is 0 Å². The smallest absolute Gasteiger partial charge is 0.272 e. The molecule has 2 rings (SSSR count). The molecule has 2 amide bonds. The van der Waals surface area contributed by atoms with E-state index in [0.717, 1.165) is 18.5 Å². The largest absolute Gasteiger partial charge is 0.352 e. The summed E-state index contributed by atoms with van der Waals surface area (Å²) in [5.74, 6) is -0.446. The quantitative estimate of drug-likeness (QED) is 0.832. The normalized spacial score (nSPS) is 15.5. The maximum absolute atomic E-state index is 11.8. The van der Waals surface area contributed by atoms with Gasteiger partial charge in [0.05, 0.1) is 6.54 Å². The molecule has 1 aliphatic carbocycles. The van der Waals surface area contributed by atoms with E-state index in [4.69, 9.17) is 0 Å². The van der Waals surface area contributed by atoms with Crippen molar-refractivity contribution in [2.45, 2.75) is 38.6 Å². The van der Waals surface area contributed by atoms with Crippen molar-refractivity contribution < 1.29 is 9.59 Å². The number of aromatic nitrogens is 2. The van der Waals surface area contributed by atoms with E-state index in [9.17, 15) is 9.59 Å². The van der Waals surface area contributed by atoms with Crippen LogP contribution in [0, 0.1) is 6.92 Å². The zero-order valence-corrected chi connectivity index (χ0v) is 11.4. The summed E-state index contributed by atoms with van der Waals surface area (Å²) in [5, 5.41) is 9.57. The second-order valence-corrected chi connectivity index (χ2v) is 5.03. The Morgan fingerprint density at radius 2 is 2.11 bits per heavy atom. The number of carbonyl (C=O) groups is 2. The number of amides is 2. The van der Waals surface area contributed by atoms with Gasteiger partial charge in [0.15, 0.2) is 0 Å². The SMILES string of the molecule is Cc1cc(C(=O)NCC(=O)NC2CCCC2)nn1C. The molecule has 2 N–H and O–H groups in total. The van der Waals surface area contributed by atoms with E-state index in [1.165, 1.54) is 12.8 Å². The van der Waals surface area contributed by atoms with E-state index < -0.39 is 0 Å². The van der Waals surface area contributed by atoms with Crippen molar-refractivity contribution >= 4 is 11.8 Å². The molecule has 1 aliphatic rings. The van der Waals surface area contributed by atoms with E-state index in [2.05, 4.69) is 15.7 Å². The van der Waals surface area contributed by atoms with Crippen LogP contribution in [0.15, 0.2) is 6.07 Å². The Labute approximate surface area is 112 Å². The fourth-order valence-corrected chi connectivity index (χ4v) is 2.27. The fourth-order valence-electron chi connectivity index (χ4n) is 2.27. The molecule has 104 valence electrons. The van der Waals surface area contributed by atoms with Gasteiger partial charge in [0, 0.05) is 18.8 Å². The van der Waals surface area contributed by atoms with Crippen molar-refractivity contribution in [2.24, 2.45) is 7.05 Å². The van der Waals surface area contributed by atoms with E-state index in [-0.39, 0.29) is 24.4 Å². The van der Waals surface area contributed by atoms with Gasteiger partial charge in [0.1, 0.15) is 5.69 Å². The summed E-state index contributed by atoms with van der Waals surface area (Å²) in [5.41, 5.74) is 1.24. The lowest BCUT2D eigenvalue weighted by molar-refractivity contribution is -0.120. The monoisotopic (exact) mass is 264 g/mol. The molecule has 1 heterocycles. The van der Waals surface area contributed by atoms with Gasteiger partial charge in [-0.25, -0.2) is 0 Å². The predicted molar refractivity (Wildman–Crippen MR) is 70.7 cm³/mol. The van der Waals surface area contributed by atoms with Gasteiger partial charge in [-0.1, -0.05) is 12.8 Å². The Bertz CT molecular complexity index is 455. The summed E-state index contributed by atoms with van der Waals surface area (Å²) in [6, 6.07) is 1.98. The predicted octanol–water partition coefficient (Wildman–Crippen LogP) is 0.517. The van der Waals surface area contributed by atoms with E-state index >= 15 is 0 Å². The van der Waals surface area contributed by atoms with Gasteiger partial charge in [-0.2, -0.15) is 5.10 Å². The summed E-state index contributed by atoms with van der Waals surface area (Å²) < 4.78 is 1.63. The standard InChI is InChI=1S/C13H20N4O2/c1-9-7-11(16-17(9)2)13(19)14-8-12(18)15-10-5-3-4-6-10/h7,10H,3-6,8H2,1-2H3,(H,14,19)(H,15,18). The molecule has 0 radical (unpaired) electrons. The lowest BCUT2D eigenvalue weighted by atomic mass is 10.2. The van der Waals surface area contributed by atoms with Crippen LogP contribution in [0.2, 0.25) is 0 Å². The van der Waals surface area contributed by atoms with Crippen LogP contribution in [0.1, 0.15) is 41.9 Å². The lowest BCUT2D eigenvalue weighted by Gasteiger charge is -2.11. The number of nitrogens with one attached hydrogen (secondary N) is 2. The van der Waals surface area contributed by atoms with Crippen LogP contribution in [0.3, 0.4) is 0 Å². The Morgan fingerprint density at radius 3 is 2.68 bits per heavy atom. The molecule has 6 nitrogen and oxygen atoms in total. The van der Waals surface area contributed by atoms with Crippen LogP contribution in [-0.4, -0.2) is 34.2 Å². The van der Waals surface area contributed by atoms with Crippen LogP contribution in [0.25, 0.3) is 0 Å². The topological polar surface area (TPSA) is 76.0 Å². The molecule has 19 heavy (non-hydrogen) atoms. The fraction of sp³-hybridized carbons (Fsp3) is 0.615. The van der Waals surface area contributed by atoms with Crippen molar-refractivity contribution in [3.8, 4) is 0 Å². The van der Waals surface area contributed by atoms with Crippen LogP contribution in [0.5, 0.6) is 0 Å². The third kappa shape index (κ3) is 3.56. The minimum Gasteiger partial charge on any atom is -0.352 e. The van der Waals surface area contributed by atoms with Crippen LogP contribution in [-0.2, 0) is 11.8 Å². The first kappa shape index (κ1) is 13.6. The lowest BCUT2D eigenvalue weighted by Crippen LogP contribution is -2.41. The zero-order chi connectivity index (χ0) is 13.8. The molecule has 0 bridgehead atoms. The van der Waals surface area contributed by atoms with Crippen LogP contribution >= 0.6 is 0 Å². The molecule has 1 fully saturated rings. The van der Waals surface area contributed by atoms with Crippen LogP contribution < -0.4 is 10.6 Å². The summed E-state index contributed by atoms with van der Waals surface area (Å²) in [6.45, 7) is 1.88. The highest BCUT2D eigenvalue weighted by atomic mass is 16.2. The zero-order valence-electron chi connectivity index (χ0n) is 11.4. The average Bonchev–Trinajstić information content (AvgIpc) is 2.98. The molecule has 1 aromatic heterocycles. The molecule has 0 aliphatic heterocycles. The molecule has 0 atom stereocenters. The Hall–Kier alpha value is -1.85. The minimum atomic E-state index is -0.315. The highest BCUT2D eigenvalue weighted by Crippen LogP contribution is 2.17. The van der Waals surface area contributed by atoms with Gasteiger partial charge in [0.25, 0.3) is 5.91 Å². The highest BCUT2D eigenvalue weighted by molar-refractivity contribution is 5.94. The Morgan fingerprint density at radius 1 is 1.42 bits per heavy atom. The summed E-state index contributed by atoms with van der Waals surface area (Å²) in [6.07, 6.45) is 4.42. The highest BCUT2D eigenvalue weighted by Gasteiger charge is 2.18. The van der Waals surface area contributed by atoms with Gasteiger partial charge >= 0.3 is 0 Å². The molecular formula is C13H20N4O2. The molecule has 0 aromatic carbocycles. The first-order valence-corrected chi connectivity index (χ1v) is 6.64. The minimum absolute atomic E-state index is 0.00492. The van der Waals surface area contributed by atoms with Gasteiger partial charge in [-0.05, 0) is 25.8 Å². The first-order chi connectivity index (χ1) is 9.06. The van der Waals surface area contributed by atoms with E-state index in [0.29, 0.717) is 5.69 Å². The number of hydrogen-bond donors (Lipinski definition) is 2. The van der Waals surface area contributed by atoms with Gasteiger partial charge in [-0.3, -0.25) is 14.3 Å². The molecule has 0 saturated heterocycles. The van der Waals surface area contributed by atoms with Crippen molar-refractivity contribution in [3.63, 3.8) is 0 Å². The molecule has 1 aromatic rings. The average molecular weight is 264 g/mol. The molecule has 0 unspecified atom stereocenters. The van der Waals surface area contributed by atoms with Gasteiger partial charge in [0.2, 0.25) is 5.91 Å². The Kier molecular flexibility index (Phi) is 4.19. The van der Waals surface area contributed by atoms with Crippen molar-refractivity contribution in [2.75, 3.05) is 6.54 Å². The van der Waals surface area contributed by atoms with Crippen molar-refractivity contribution in [1.82, 2.24) is 20.4 Å². The second kappa shape index (κ2) is 5.86. The number of hydrogen-bond acceptors (Lipinski definition) is 3. The van der Waals surface area contributed by atoms with E-state index in [1.54, 1.807) is 17.8 Å². The maximum atomic E-state index is 11.8. The third-order valence-electron chi connectivity index (χ3n) is 3.48. The molecule has 1 saturated carbocycles. The second-order valence-electron chi connectivity index (χ2n) is 5.03. The number of carbonyl (C=O) groups excluding carboxylic acids is 2. The van der Waals surface area contributed by atoms with Gasteiger partial charge < -0.3 is 10.6 Å². The summed E-state index contributed by atoms with van der Waals surface area (Å²) in [4.78, 5) is 23.4. The van der Waals surface area contributed by atoms with Gasteiger partial charge in [-0.15, -0.1) is 0 Å². The van der Waals surface area contributed by atoms with Crippen LogP contribution in [0.4, 0.5) is 0 Å². The van der Waals surface area contributed by atoms with E-state index in [1.807, 2.05) is 6.92 Å². The number of aryl methyl sites for hydroxylation is 2. The third-order valence-corrected chi connectivity index (χ3v) is 3.48. The Balaban J connectivity index is 1.78. The molecule has 6 heteroatoms. The molecular weight excluding hydrogens is 244 g/mol. The first-order valence-electron chi connectivity index (χ1n) is 6.64. The summed E-state index contributed by atoms with van der Waals surface area (Å²) >= 11 is 0. The molecule has 0 spiro atoms. The van der Waals surface area contributed by atoms with Crippen molar-refractivity contribution in [3.05, 3.63) is 17.5 Å².